The Balaban J connectivity index is 1.26. The lowest BCUT2D eigenvalue weighted by Crippen LogP contribution is -2.38. The van der Waals surface area contributed by atoms with Gasteiger partial charge in [-0.15, -0.1) is 0 Å². The van der Waals surface area contributed by atoms with Crippen LogP contribution in [0.2, 0.25) is 0 Å². The fourth-order valence-corrected chi connectivity index (χ4v) is 4.41. The summed E-state index contributed by atoms with van der Waals surface area (Å²) in [6.07, 6.45) is 3.47. The highest BCUT2D eigenvalue weighted by atomic mass is 19.1. The number of halogens is 2. The highest BCUT2D eigenvalue weighted by molar-refractivity contribution is 5.94. The van der Waals surface area contributed by atoms with Crippen molar-refractivity contribution in [3.8, 4) is 11.5 Å². The molecule has 1 fully saturated rings. The maximum absolute atomic E-state index is 13.7. The second kappa shape index (κ2) is 9.73. The topological polar surface area (TPSA) is 93.9 Å². The van der Waals surface area contributed by atoms with E-state index < -0.39 is 23.4 Å². The molecule has 0 unspecified atom stereocenters. The van der Waals surface area contributed by atoms with E-state index in [1.807, 2.05) is 6.07 Å². The monoisotopic (exact) mass is 483 g/mol. The van der Waals surface area contributed by atoms with Crippen LogP contribution in [0.3, 0.4) is 0 Å². The molecule has 182 valence electrons. The van der Waals surface area contributed by atoms with Crippen LogP contribution in [0.25, 0.3) is 0 Å². The molecule has 2 heterocycles. The third-order valence-electron chi connectivity index (χ3n) is 6.14. The van der Waals surface area contributed by atoms with Crippen molar-refractivity contribution in [1.82, 2.24) is 15.4 Å². The zero-order valence-electron chi connectivity index (χ0n) is 18.8. The Kier molecular flexibility index (Phi) is 6.35. The fraction of sp³-hybridized carbons (Fsp3) is 0.320. The van der Waals surface area contributed by atoms with Crippen molar-refractivity contribution in [3.63, 3.8) is 0 Å². The van der Waals surface area contributed by atoms with Crippen LogP contribution < -0.4 is 14.8 Å². The molecule has 1 aliphatic heterocycles. The van der Waals surface area contributed by atoms with Crippen LogP contribution in [-0.2, 0) is 13.1 Å². The molecule has 5 rings (SSSR count). The molecule has 8 nitrogen and oxygen atoms in total. The Morgan fingerprint density at radius 3 is 2.51 bits per heavy atom. The zero-order chi connectivity index (χ0) is 24.4. The number of carbonyl (C=O) groups is 2. The van der Waals surface area contributed by atoms with E-state index in [0.717, 1.165) is 49.4 Å². The molecule has 0 spiro atoms. The third kappa shape index (κ3) is 5.11. The number of hydrogen-bond acceptors (Lipinski definition) is 6. The summed E-state index contributed by atoms with van der Waals surface area (Å²) in [5, 5.41) is 6.60. The second-order valence-corrected chi connectivity index (χ2v) is 8.58. The minimum absolute atomic E-state index is 0.0318. The number of nitrogens with one attached hydrogen (secondary N) is 1. The summed E-state index contributed by atoms with van der Waals surface area (Å²) >= 11 is 0. The van der Waals surface area contributed by atoms with Gasteiger partial charge in [-0.05, 0) is 42.7 Å². The number of ether oxygens (including phenoxy) is 2. The molecule has 35 heavy (non-hydrogen) atoms. The number of benzene rings is 2. The molecule has 0 atom stereocenters. The lowest BCUT2D eigenvalue weighted by molar-refractivity contribution is 0.0642. The first-order valence-corrected chi connectivity index (χ1v) is 11.4. The number of nitrogens with zero attached hydrogens (tertiary/aromatic N) is 2. The molecule has 2 amide bonds. The average Bonchev–Trinajstić information content (AvgIpc) is 3.61. The van der Waals surface area contributed by atoms with Gasteiger partial charge >= 0.3 is 0 Å². The van der Waals surface area contributed by atoms with E-state index in [4.69, 9.17) is 14.0 Å². The first-order chi connectivity index (χ1) is 17.0. The van der Waals surface area contributed by atoms with Crippen LogP contribution in [0.1, 0.15) is 57.9 Å². The number of fused-ring (bicyclic) bond motifs is 1. The summed E-state index contributed by atoms with van der Waals surface area (Å²) < 4.78 is 43.4. The van der Waals surface area contributed by atoms with Crippen molar-refractivity contribution in [2.45, 2.75) is 44.8 Å². The summed E-state index contributed by atoms with van der Waals surface area (Å²) in [5.41, 5.74) is 0.818. The molecule has 0 radical (unpaired) electrons. The van der Waals surface area contributed by atoms with Gasteiger partial charge in [0.2, 0.25) is 6.79 Å². The maximum atomic E-state index is 13.7. The molecular weight excluding hydrogens is 460 g/mol. The SMILES string of the molecule is O=C(NCc1ccc2c(c1)OCO2)c1cc(CN(C(=O)c2cc(F)cc(F)c2)C2CCCC2)on1. The fourth-order valence-electron chi connectivity index (χ4n) is 4.41. The molecule has 1 aliphatic carbocycles. The van der Waals surface area contributed by atoms with Crippen LogP contribution >= 0.6 is 0 Å². The molecule has 2 aromatic carbocycles. The van der Waals surface area contributed by atoms with Crippen molar-refractivity contribution < 1.29 is 32.4 Å². The Morgan fingerprint density at radius 1 is 1.00 bits per heavy atom. The molecule has 2 aliphatic rings. The molecule has 1 aromatic heterocycles. The number of hydrogen-bond donors (Lipinski definition) is 1. The van der Waals surface area contributed by atoms with E-state index in [0.29, 0.717) is 17.3 Å². The summed E-state index contributed by atoms with van der Waals surface area (Å²) in [7, 11) is 0. The van der Waals surface area contributed by atoms with Crippen molar-refractivity contribution in [2.24, 2.45) is 0 Å². The first-order valence-electron chi connectivity index (χ1n) is 11.4. The van der Waals surface area contributed by atoms with Gasteiger partial charge in [0.25, 0.3) is 11.8 Å². The van der Waals surface area contributed by atoms with Gasteiger partial charge in [0.15, 0.2) is 23.0 Å². The van der Waals surface area contributed by atoms with Gasteiger partial charge < -0.3 is 24.2 Å². The Hall–Kier alpha value is -3.95. The minimum atomic E-state index is -0.819. The van der Waals surface area contributed by atoms with Crippen LogP contribution in [-0.4, -0.2) is 34.7 Å². The number of aromatic nitrogens is 1. The van der Waals surface area contributed by atoms with Crippen molar-refractivity contribution in [2.75, 3.05) is 6.79 Å². The molecule has 0 bridgehead atoms. The first kappa shape index (κ1) is 22.8. The predicted molar refractivity (Wildman–Crippen MR) is 119 cm³/mol. The normalized spacial score (nSPS) is 14.8. The quantitative estimate of drug-likeness (QED) is 0.542. The van der Waals surface area contributed by atoms with Gasteiger partial charge in [-0.3, -0.25) is 9.59 Å². The van der Waals surface area contributed by atoms with Crippen LogP contribution in [0, 0.1) is 11.6 Å². The van der Waals surface area contributed by atoms with Crippen molar-refractivity contribution >= 4 is 11.8 Å². The molecule has 10 heteroatoms. The lowest BCUT2D eigenvalue weighted by Gasteiger charge is -2.28. The smallest absolute Gasteiger partial charge is 0.273 e. The predicted octanol–water partition coefficient (Wildman–Crippen LogP) is 4.20. The molecule has 3 aromatic rings. The zero-order valence-corrected chi connectivity index (χ0v) is 18.8. The van der Waals surface area contributed by atoms with Crippen LogP contribution in [0.4, 0.5) is 8.78 Å². The summed E-state index contributed by atoms with van der Waals surface area (Å²) in [4.78, 5) is 27.3. The summed E-state index contributed by atoms with van der Waals surface area (Å²) in [6.45, 7) is 0.445. The van der Waals surface area contributed by atoms with Crippen molar-refractivity contribution in [1.29, 1.82) is 0 Å². The Bertz CT molecular complexity index is 1240. The molecule has 0 saturated heterocycles. The summed E-state index contributed by atoms with van der Waals surface area (Å²) in [6, 6.07) is 9.52. The van der Waals surface area contributed by atoms with Gasteiger partial charge in [-0.25, -0.2) is 8.78 Å². The van der Waals surface area contributed by atoms with Gasteiger partial charge in [0, 0.05) is 30.3 Å². The highest BCUT2D eigenvalue weighted by Gasteiger charge is 2.29. The Morgan fingerprint density at radius 2 is 1.74 bits per heavy atom. The van der Waals surface area contributed by atoms with E-state index in [1.165, 1.54) is 11.0 Å². The van der Waals surface area contributed by atoms with Crippen LogP contribution in [0.15, 0.2) is 47.0 Å². The number of rotatable bonds is 7. The third-order valence-corrected chi connectivity index (χ3v) is 6.14. The largest absolute Gasteiger partial charge is 0.454 e. The lowest BCUT2D eigenvalue weighted by atomic mass is 10.1. The summed E-state index contributed by atoms with van der Waals surface area (Å²) in [5.74, 6) is -1.00. The Labute approximate surface area is 199 Å². The minimum Gasteiger partial charge on any atom is -0.454 e. The van der Waals surface area contributed by atoms with E-state index >= 15 is 0 Å². The van der Waals surface area contributed by atoms with Gasteiger partial charge in [0.1, 0.15) is 11.6 Å². The van der Waals surface area contributed by atoms with Gasteiger partial charge in [-0.2, -0.15) is 0 Å². The standard InChI is InChI=1S/C25H23F2N3O5/c26-17-8-16(9-18(27)10-17)25(32)30(19-3-1-2-4-19)13-20-11-21(29-35-20)24(31)28-12-15-5-6-22-23(7-15)34-14-33-22/h5-11,19H,1-4,12-14H2,(H,28,31). The van der Waals surface area contributed by atoms with E-state index in [1.54, 1.807) is 12.1 Å². The average molecular weight is 483 g/mol. The van der Waals surface area contributed by atoms with Crippen LogP contribution in [0.5, 0.6) is 11.5 Å². The molecular formula is C25H23F2N3O5. The maximum Gasteiger partial charge on any atom is 0.273 e. The van der Waals surface area contributed by atoms with E-state index in [2.05, 4.69) is 10.5 Å². The van der Waals surface area contributed by atoms with E-state index in [9.17, 15) is 18.4 Å². The number of carbonyl (C=O) groups excluding carboxylic acids is 2. The van der Waals surface area contributed by atoms with Crippen molar-refractivity contribution in [3.05, 3.63) is 76.7 Å². The van der Waals surface area contributed by atoms with E-state index in [-0.39, 0.29) is 37.2 Å². The number of amides is 2. The second-order valence-electron chi connectivity index (χ2n) is 8.58. The van der Waals surface area contributed by atoms with Gasteiger partial charge in [-0.1, -0.05) is 24.1 Å². The molecule has 1 saturated carbocycles. The highest BCUT2D eigenvalue weighted by Crippen LogP contribution is 2.32. The molecule has 1 N–H and O–H groups in total. The van der Waals surface area contributed by atoms with Gasteiger partial charge in [0.05, 0.1) is 6.54 Å².